The minimum Gasteiger partial charge on any atom is -0.323 e. The highest BCUT2D eigenvalue weighted by Crippen LogP contribution is 2.51. The Morgan fingerprint density at radius 2 is 1.71 bits per heavy atom. The fourth-order valence-electron chi connectivity index (χ4n) is 0.958. The molecule has 0 amide bonds. The molecule has 0 aliphatic carbocycles. The summed E-state index contributed by atoms with van der Waals surface area (Å²) in [4.78, 5) is 0. The zero-order valence-corrected chi connectivity index (χ0v) is 11.2. The van der Waals surface area contributed by atoms with Crippen molar-refractivity contribution in [3.63, 3.8) is 0 Å². The van der Waals surface area contributed by atoms with Crippen molar-refractivity contribution in [2.24, 2.45) is 0 Å². The van der Waals surface area contributed by atoms with Crippen molar-refractivity contribution in [2.75, 3.05) is 12.6 Å². The molecule has 0 rings (SSSR count). The fourth-order valence-corrected chi connectivity index (χ4v) is 4.53. The number of hydrogen-bond donors (Lipinski definition) is 0. The molecular formula is C8H19O4P2+. The summed E-state index contributed by atoms with van der Waals surface area (Å²) in [6.07, 6.45) is -0.231. The first-order chi connectivity index (χ1) is 6.23. The van der Waals surface area contributed by atoms with Gasteiger partial charge in [-0.1, -0.05) is 0 Å². The molecule has 2 atom stereocenters. The summed E-state index contributed by atoms with van der Waals surface area (Å²) in [5.41, 5.74) is 0. The van der Waals surface area contributed by atoms with Gasteiger partial charge in [-0.05, 0) is 32.3 Å². The molecule has 0 spiro atoms. The smallest absolute Gasteiger partial charge is 0.323 e. The van der Waals surface area contributed by atoms with Crippen LogP contribution in [0.25, 0.3) is 0 Å². The predicted octanol–water partition coefficient (Wildman–Crippen LogP) is 3.44. The van der Waals surface area contributed by atoms with Gasteiger partial charge in [0.1, 0.15) is 6.10 Å². The molecule has 0 N–H and O–H groups in total. The van der Waals surface area contributed by atoms with E-state index in [9.17, 15) is 9.13 Å². The lowest BCUT2D eigenvalue weighted by molar-refractivity contribution is 0.243. The van der Waals surface area contributed by atoms with Gasteiger partial charge in [0.2, 0.25) is 7.37 Å². The minimum atomic E-state index is -2.77. The summed E-state index contributed by atoms with van der Waals surface area (Å²) in [7, 11) is -4.65. The molecule has 0 radical (unpaired) electrons. The summed E-state index contributed by atoms with van der Waals surface area (Å²) in [5, 5.41) is 0. The van der Waals surface area contributed by atoms with E-state index in [0.29, 0.717) is 0 Å². The van der Waals surface area contributed by atoms with Crippen LogP contribution in [0.15, 0.2) is 0 Å². The predicted molar refractivity (Wildman–Crippen MR) is 58.4 cm³/mol. The second-order valence-electron chi connectivity index (χ2n) is 3.80. The molecule has 0 saturated heterocycles. The second kappa shape index (κ2) is 5.97. The summed E-state index contributed by atoms with van der Waals surface area (Å²) < 4.78 is 33.3. The zero-order valence-electron chi connectivity index (χ0n) is 9.39. The Hall–Kier alpha value is 0.250. The SMILES string of the molecule is CC(C)O[P+](=O)CP(C)(=O)OC(C)C. The maximum absolute atomic E-state index is 11.7. The summed E-state index contributed by atoms with van der Waals surface area (Å²) >= 11 is 0. The normalized spacial score (nSPS) is 17.2. The Kier molecular flexibility index (Phi) is 6.08. The van der Waals surface area contributed by atoms with Gasteiger partial charge in [-0.15, -0.1) is 4.52 Å². The Balaban J connectivity index is 4.09. The highest BCUT2D eigenvalue weighted by atomic mass is 31.2. The van der Waals surface area contributed by atoms with E-state index in [1.165, 1.54) is 6.66 Å². The van der Waals surface area contributed by atoms with Gasteiger partial charge in [0.05, 0.1) is 6.10 Å². The van der Waals surface area contributed by atoms with Crippen LogP contribution in [0.3, 0.4) is 0 Å². The first kappa shape index (κ1) is 14.2. The molecular weight excluding hydrogens is 222 g/mol. The van der Waals surface area contributed by atoms with Gasteiger partial charge in [-0.2, -0.15) is 0 Å². The third-order valence-electron chi connectivity index (χ3n) is 1.13. The van der Waals surface area contributed by atoms with Crippen LogP contribution in [0.2, 0.25) is 0 Å². The van der Waals surface area contributed by atoms with Gasteiger partial charge in [-0.25, -0.2) is 0 Å². The fraction of sp³-hybridized carbons (Fsp3) is 1.00. The van der Waals surface area contributed by atoms with Gasteiger partial charge in [0.15, 0.2) is 0 Å². The third kappa shape index (κ3) is 7.64. The molecule has 2 unspecified atom stereocenters. The highest BCUT2D eigenvalue weighted by molar-refractivity contribution is 7.68. The van der Waals surface area contributed by atoms with E-state index in [4.69, 9.17) is 9.05 Å². The van der Waals surface area contributed by atoms with Gasteiger partial charge >= 0.3 is 8.03 Å². The molecule has 0 bridgehead atoms. The summed E-state index contributed by atoms with van der Waals surface area (Å²) in [6.45, 7) is 8.66. The standard InChI is InChI=1S/C8H19O4P2/c1-7(2)11-13(9)6-14(5,10)12-8(3)4/h7-8H,6H2,1-5H3/q+1. The molecule has 4 nitrogen and oxygen atoms in total. The summed E-state index contributed by atoms with van der Waals surface area (Å²) in [5.74, 6) is -0.00130. The number of rotatable bonds is 6. The van der Waals surface area contributed by atoms with Crippen molar-refractivity contribution in [2.45, 2.75) is 39.9 Å². The van der Waals surface area contributed by atoms with E-state index in [2.05, 4.69) is 0 Å². The van der Waals surface area contributed by atoms with E-state index in [-0.39, 0.29) is 18.1 Å². The highest BCUT2D eigenvalue weighted by Gasteiger charge is 2.33. The van der Waals surface area contributed by atoms with Crippen LogP contribution in [-0.2, 0) is 18.2 Å². The molecule has 0 fully saturated rings. The van der Waals surface area contributed by atoms with Crippen LogP contribution in [-0.4, -0.2) is 24.8 Å². The van der Waals surface area contributed by atoms with Crippen molar-refractivity contribution in [1.82, 2.24) is 0 Å². The average Bonchev–Trinajstić information content (AvgIpc) is 1.77. The van der Waals surface area contributed by atoms with E-state index < -0.39 is 15.4 Å². The van der Waals surface area contributed by atoms with Gasteiger partial charge in [-0.3, -0.25) is 4.57 Å². The van der Waals surface area contributed by atoms with Crippen molar-refractivity contribution >= 4 is 15.4 Å². The van der Waals surface area contributed by atoms with Crippen molar-refractivity contribution in [1.29, 1.82) is 0 Å². The molecule has 0 saturated carbocycles. The van der Waals surface area contributed by atoms with Crippen LogP contribution in [0.1, 0.15) is 27.7 Å². The minimum absolute atomic E-state index is 0.00130. The molecule has 0 aromatic rings. The molecule has 0 aromatic carbocycles. The largest absolute Gasteiger partial charge is 0.518 e. The topological polar surface area (TPSA) is 52.6 Å². The van der Waals surface area contributed by atoms with Crippen LogP contribution < -0.4 is 0 Å². The van der Waals surface area contributed by atoms with Crippen molar-refractivity contribution in [3.05, 3.63) is 0 Å². The Morgan fingerprint density at radius 1 is 1.21 bits per heavy atom. The quantitative estimate of drug-likeness (QED) is 0.668. The van der Waals surface area contributed by atoms with Crippen LogP contribution >= 0.6 is 15.4 Å². The number of hydrogen-bond acceptors (Lipinski definition) is 4. The Labute approximate surface area is 86.7 Å². The van der Waals surface area contributed by atoms with Crippen molar-refractivity contribution in [3.8, 4) is 0 Å². The van der Waals surface area contributed by atoms with Gasteiger partial charge in [0, 0.05) is 6.66 Å². The summed E-state index contributed by atoms with van der Waals surface area (Å²) in [6, 6.07) is 0. The maximum atomic E-state index is 11.7. The molecule has 6 heteroatoms. The average molecular weight is 241 g/mol. The second-order valence-corrected chi connectivity index (χ2v) is 8.04. The van der Waals surface area contributed by atoms with Gasteiger partial charge < -0.3 is 4.52 Å². The van der Waals surface area contributed by atoms with Crippen LogP contribution in [0.5, 0.6) is 0 Å². The molecule has 14 heavy (non-hydrogen) atoms. The molecule has 0 aliphatic heterocycles. The zero-order chi connectivity index (χ0) is 11.4. The maximum Gasteiger partial charge on any atom is 0.518 e. The van der Waals surface area contributed by atoms with E-state index in [1.54, 1.807) is 27.7 Å². The first-order valence-corrected chi connectivity index (χ1v) is 8.21. The first-order valence-electron chi connectivity index (χ1n) is 4.59. The van der Waals surface area contributed by atoms with Crippen LogP contribution in [0, 0.1) is 0 Å². The van der Waals surface area contributed by atoms with E-state index in [1.807, 2.05) is 0 Å². The lowest BCUT2D eigenvalue weighted by Crippen LogP contribution is -2.02. The molecule has 0 heterocycles. The Bertz CT molecular complexity index is 237. The molecule has 0 aromatic heterocycles. The lowest BCUT2D eigenvalue weighted by Gasteiger charge is -2.11. The monoisotopic (exact) mass is 241 g/mol. The molecule has 0 aliphatic rings. The van der Waals surface area contributed by atoms with Gasteiger partial charge in [0.25, 0.3) is 5.90 Å². The van der Waals surface area contributed by atoms with E-state index in [0.717, 1.165) is 0 Å². The van der Waals surface area contributed by atoms with E-state index >= 15 is 0 Å². The third-order valence-corrected chi connectivity index (χ3v) is 5.64. The van der Waals surface area contributed by atoms with Crippen LogP contribution in [0.4, 0.5) is 0 Å². The van der Waals surface area contributed by atoms with Crippen molar-refractivity contribution < 1.29 is 18.2 Å². The Morgan fingerprint density at radius 3 is 2.07 bits per heavy atom. The lowest BCUT2D eigenvalue weighted by atomic mass is 10.5. The molecule has 84 valence electrons.